The Labute approximate surface area is 287 Å². The van der Waals surface area contributed by atoms with Crippen molar-refractivity contribution < 1.29 is 0 Å². The van der Waals surface area contributed by atoms with Gasteiger partial charge < -0.3 is 9.80 Å². The topological polar surface area (TPSA) is 6.48 Å². The molecule has 0 saturated heterocycles. The summed E-state index contributed by atoms with van der Waals surface area (Å²) >= 11 is 0. The second-order valence-electron chi connectivity index (χ2n) is 12.7. The Kier molecular flexibility index (Phi) is 9.73. The third kappa shape index (κ3) is 7.35. The quantitative estimate of drug-likeness (QED) is 0.148. The predicted octanol–water partition coefficient (Wildman–Crippen LogP) is 13.4. The van der Waals surface area contributed by atoms with Gasteiger partial charge in [0.25, 0.3) is 0 Å². The van der Waals surface area contributed by atoms with Crippen molar-refractivity contribution in [2.75, 3.05) is 9.80 Å². The minimum Gasteiger partial charge on any atom is -0.310 e. The highest BCUT2D eigenvalue weighted by atomic mass is 15.2. The Balaban J connectivity index is 1.45. The third-order valence-corrected chi connectivity index (χ3v) is 8.73. The Morgan fingerprint density at radius 2 is 0.792 bits per heavy atom. The molecule has 238 valence electrons. The molecule has 6 aromatic rings. The molecule has 2 nitrogen and oxygen atoms in total. The highest BCUT2D eigenvalue weighted by Crippen LogP contribution is 2.41. The van der Waals surface area contributed by atoms with Gasteiger partial charge >= 0.3 is 0 Å². The lowest BCUT2D eigenvalue weighted by Gasteiger charge is -2.30. The summed E-state index contributed by atoms with van der Waals surface area (Å²) in [5, 5.41) is 0. The van der Waals surface area contributed by atoms with Crippen LogP contribution in [0.4, 0.5) is 34.1 Å². The van der Waals surface area contributed by atoms with Crippen LogP contribution in [-0.4, -0.2) is 0 Å². The molecule has 0 fully saturated rings. The maximum absolute atomic E-state index is 2.37. The molecule has 0 amide bonds. The van der Waals surface area contributed by atoms with E-state index in [1.165, 1.54) is 44.5 Å². The number of anilines is 6. The first-order valence-corrected chi connectivity index (χ1v) is 16.7. The molecule has 0 aliphatic rings. The standard InChI is InChI=1S/C46H44N2/c1-7-12-39-23-25-45(30-36(39)5)47(41-17-9-14-34(3)28-41)43-19-11-20-44(32-43)48(42-18-10-15-35(4)29-42)46-26-24-40(37(6)31-46)22-21-38-16-8-13-33(2)27-38/h7-32H,1-6H3. The van der Waals surface area contributed by atoms with E-state index in [9.17, 15) is 0 Å². The predicted molar refractivity (Wildman–Crippen MR) is 210 cm³/mol. The van der Waals surface area contributed by atoms with Gasteiger partial charge in [-0.25, -0.2) is 0 Å². The van der Waals surface area contributed by atoms with Crippen LogP contribution in [-0.2, 0) is 0 Å². The Hall–Kier alpha value is -5.60. The van der Waals surface area contributed by atoms with Gasteiger partial charge in [-0.3, -0.25) is 0 Å². The van der Waals surface area contributed by atoms with Gasteiger partial charge in [-0.05, 0) is 147 Å². The normalized spacial score (nSPS) is 11.4. The molecule has 0 aliphatic carbocycles. The van der Waals surface area contributed by atoms with Gasteiger partial charge in [0.2, 0.25) is 0 Å². The van der Waals surface area contributed by atoms with Gasteiger partial charge in [-0.1, -0.05) is 96.6 Å². The maximum Gasteiger partial charge on any atom is 0.0482 e. The SMILES string of the molecule is CC=Cc1ccc(N(c2cccc(C)c2)c2cccc(N(c3cccc(C)c3)c3ccc(C=Cc4cccc(C)c4)c(C)c3)c2)cc1C. The van der Waals surface area contributed by atoms with Crippen molar-refractivity contribution in [1.29, 1.82) is 0 Å². The first-order chi connectivity index (χ1) is 23.3. The molecule has 0 aliphatic heterocycles. The maximum atomic E-state index is 2.37. The number of allylic oxidation sites excluding steroid dienone is 1. The van der Waals surface area contributed by atoms with Crippen LogP contribution in [0.3, 0.4) is 0 Å². The van der Waals surface area contributed by atoms with Gasteiger partial charge in [0.1, 0.15) is 0 Å². The monoisotopic (exact) mass is 624 g/mol. The van der Waals surface area contributed by atoms with Gasteiger partial charge in [-0.2, -0.15) is 0 Å². The molecular formula is C46H44N2. The van der Waals surface area contributed by atoms with Crippen molar-refractivity contribution in [3.63, 3.8) is 0 Å². The van der Waals surface area contributed by atoms with Crippen LogP contribution < -0.4 is 9.80 Å². The summed E-state index contributed by atoms with van der Waals surface area (Å²) in [4.78, 5) is 4.73. The summed E-state index contributed by atoms with van der Waals surface area (Å²) in [6.07, 6.45) is 8.68. The third-order valence-electron chi connectivity index (χ3n) is 8.73. The van der Waals surface area contributed by atoms with E-state index in [1.807, 2.05) is 0 Å². The second-order valence-corrected chi connectivity index (χ2v) is 12.7. The molecule has 6 rings (SSSR count). The zero-order valence-corrected chi connectivity index (χ0v) is 28.9. The molecule has 6 aromatic carbocycles. The Morgan fingerprint density at radius 1 is 0.375 bits per heavy atom. The van der Waals surface area contributed by atoms with E-state index in [0.29, 0.717) is 0 Å². The van der Waals surface area contributed by atoms with E-state index in [0.717, 1.165) is 34.1 Å². The summed E-state index contributed by atoms with van der Waals surface area (Å²) < 4.78 is 0. The summed E-state index contributed by atoms with van der Waals surface area (Å²) in [5.74, 6) is 0. The largest absolute Gasteiger partial charge is 0.310 e. The molecule has 0 atom stereocenters. The number of nitrogens with zero attached hydrogens (tertiary/aromatic N) is 2. The summed E-state index contributed by atoms with van der Waals surface area (Å²) in [7, 11) is 0. The molecule has 0 bridgehead atoms. The van der Waals surface area contributed by atoms with Crippen molar-refractivity contribution >= 4 is 52.4 Å². The number of aryl methyl sites for hydroxylation is 5. The summed E-state index contributed by atoms with van der Waals surface area (Å²) in [6, 6.07) is 48.5. The first-order valence-electron chi connectivity index (χ1n) is 16.7. The van der Waals surface area contributed by atoms with Crippen molar-refractivity contribution in [2.24, 2.45) is 0 Å². The Bertz CT molecular complexity index is 2120. The van der Waals surface area contributed by atoms with E-state index in [4.69, 9.17) is 0 Å². The van der Waals surface area contributed by atoms with E-state index in [1.54, 1.807) is 0 Å². The first kappa shape index (κ1) is 32.3. The number of rotatable bonds is 9. The molecular weight excluding hydrogens is 581 g/mol. The van der Waals surface area contributed by atoms with Crippen molar-refractivity contribution in [1.82, 2.24) is 0 Å². The molecule has 0 aromatic heterocycles. The van der Waals surface area contributed by atoms with Gasteiger partial charge in [0, 0.05) is 34.1 Å². The second kappa shape index (κ2) is 14.4. The fourth-order valence-corrected chi connectivity index (χ4v) is 6.31. The molecule has 48 heavy (non-hydrogen) atoms. The molecule has 0 N–H and O–H groups in total. The molecule has 0 saturated carbocycles. The van der Waals surface area contributed by atoms with E-state index in [-0.39, 0.29) is 0 Å². The van der Waals surface area contributed by atoms with Crippen LogP contribution in [0, 0.1) is 34.6 Å². The van der Waals surface area contributed by atoms with Gasteiger partial charge in [0.05, 0.1) is 0 Å². The number of hydrogen-bond acceptors (Lipinski definition) is 2. The smallest absolute Gasteiger partial charge is 0.0482 e. The highest BCUT2D eigenvalue weighted by Gasteiger charge is 2.18. The zero-order chi connectivity index (χ0) is 33.6. The molecule has 0 spiro atoms. The Morgan fingerprint density at radius 3 is 1.25 bits per heavy atom. The molecule has 0 unspecified atom stereocenters. The zero-order valence-electron chi connectivity index (χ0n) is 28.9. The number of benzene rings is 6. The van der Waals surface area contributed by atoms with Crippen LogP contribution in [0.1, 0.15) is 51.4 Å². The van der Waals surface area contributed by atoms with E-state index >= 15 is 0 Å². The highest BCUT2D eigenvalue weighted by molar-refractivity contribution is 5.84. The average molecular weight is 625 g/mol. The fraction of sp³-hybridized carbons (Fsp3) is 0.130. The number of hydrogen-bond donors (Lipinski definition) is 0. The summed E-state index contributed by atoms with van der Waals surface area (Å²) in [6.45, 7) is 12.9. The lowest BCUT2D eigenvalue weighted by atomic mass is 10.0. The van der Waals surface area contributed by atoms with Crippen molar-refractivity contribution in [3.05, 3.63) is 184 Å². The van der Waals surface area contributed by atoms with Gasteiger partial charge in [0.15, 0.2) is 0 Å². The minimum atomic E-state index is 1.10. The van der Waals surface area contributed by atoms with Crippen LogP contribution >= 0.6 is 0 Å². The van der Waals surface area contributed by atoms with Crippen LogP contribution in [0.25, 0.3) is 18.2 Å². The van der Waals surface area contributed by atoms with Gasteiger partial charge in [-0.15, -0.1) is 0 Å². The van der Waals surface area contributed by atoms with E-state index < -0.39 is 0 Å². The van der Waals surface area contributed by atoms with Crippen LogP contribution in [0.5, 0.6) is 0 Å². The van der Waals surface area contributed by atoms with Crippen molar-refractivity contribution in [3.8, 4) is 0 Å². The summed E-state index contributed by atoms with van der Waals surface area (Å²) in [5.41, 5.74) is 16.5. The fourth-order valence-electron chi connectivity index (χ4n) is 6.31. The average Bonchev–Trinajstić information content (AvgIpc) is 3.06. The molecule has 0 radical (unpaired) electrons. The lowest BCUT2D eigenvalue weighted by molar-refractivity contribution is 1.23. The molecule has 2 heteroatoms. The lowest BCUT2D eigenvalue weighted by Crippen LogP contribution is -2.13. The van der Waals surface area contributed by atoms with Crippen molar-refractivity contribution in [2.45, 2.75) is 41.5 Å². The van der Waals surface area contributed by atoms with E-state index in [2.05, 4.69) is 209 Å². The van der Waals surface area contributed by atoms with Crippen LogP contribution in [0.2, 0.25) is 0 Å². The van der Waals surface area contributed by atoms with Crippen LogP contribution in [0.15, 0.2) is 140 Å². The molecule has 0 heterocycles. The minimum absolute atomic E-state index is 1.10.